The highest BCUT2D eigenvalue weighted by Gasteiger charge is 2.20. The van der Waals surface area contributed by atoms with E-state index in [0.717, 1.165) is 11.3 Å². The Balaban J connectivity index is 2.67. The number of nitrogens with one attached hydrogen (secondary N) is 2. The van der Waals surface area contributed by atoms with Gasteiger partial charge in [0.15, 0.2) is 0 Å². The first-order chi connectivity index (χ1) is 10.0. The summed E-state index contributed by atoms with van der Waals surface area (Å²) >= 11 is 0. The third-order valence-electron chi connectivity index (χ3n) is 3.47. The quantitative estimate of drug-likeness (QED) is 0.805. The summed E-state index contributed by atoms with van der Waals surface area (Å²) in [5.74, 6) is 0.485. The molecule has 0 aliphatic heterocycles. The van der Waals surface area contributed by atoms with Gasteiger partial charge in [0.25, 0.3) is 0 Å². The predicted octanol–water partition coefficient (Wildman–Crippen LogP) is 1.83. The number of ether oxygens (including phenoxy) is 1. The van der Waals surface area contributed by atoms with Gasteiger partial charge in [-0.2, -0.15) is 0 Å². The number of rotatable bonds is 7. The minimum Gasteiger partial charge on any atom is -0.496 e. The second kappa shape index (κ2) is 8.29. The minimum absolute atomic E-state index is 0.0170. The smallest absolute Gasteiger partial charge is 0.242 e. The summed E-state index contributed by atoms with van der Waals surface area (Å²) in [4.78, 5) is 23.7. The Morgan fingerprint density at radius 3 is 2.52 bits per heavy atom. The molecule has 0 spiro atoms. The van der Waals surface area contributed by atoms with E-state index in [4.69, 9.17) is 4.74 Å². The lowest BCUT2D eigenvalue weighted by atomic mass is 9.96. The second-order valence-corrected chi connectivity index (χ2v) is 4.99. The third-order valence-corrected chi connectivity index (χ3v) is 3.47. The van der Waals surface area contributed by atoms with Gasteiger partial charge in [-0.3, -0.25) is 9.59 Å². The van der Waals surface area contributed by atoms with Gasteiger partial charge in [0.2, 0.25) is 11.8 Å². The largest absolute Gasteiger partial charge is 0.496 e. The summed E-state index contributed by atoms with van der Waals surface area (Å²) < 4.78 is 5.31. The van der Waals surface area contributed by atoms with Crippen molar-refractivity contribution in [3.63, 3.8) is 0 Å². The molecule has 5 heteroatoms. The molecule has 0 heterocycles. The van der Waals surface area contributed by atoms with Crippen LogP contribution in [0, 0.1) is 0 Å². The van der Waals surface area contributed by atoms with Crippen LogP contribution in [0.4, 0.5) is 0 Å². The third kappa shape index (κ3) is 4.77. The zero-order chi connectivity index (χ0) is 15.8. The highest BCUT2D eigenvalue weighted by Crippen LogP contribution is 2.28. The number of amides is 2. The van der Waals surface area contributed by atoms with Crippen LogP contribution in [0.5, 0.6) is 5.75 Å². The molecule has 1 rings (SSSR count). The van der Waals surface area contributed by atoms with Gasteiger partial charge in [0, 0.05) is 13.5 Å². The van der Waals surface area contributed by atoms with E-state index in [9.17, 15) is 9.59 Å². The van der Waals surface area contributed by atoms with Crippen molar-refractivity contribution in [3.05, 3.63) is 29.8 Å². The SMILES string of the molecule is CC[C@@H](NC(=O)C[C@@H](C)c1ccccc1OC)C(=O)NC. The van der Waals surface area contributed by atoms with Crippen LogP contribution in [0.25, 0.3) is 0 Å². The molecule has 21 heavy (non-hydrogen) atoms. The van der Waals surface area contributed by atoms with Crippen molar-refractivity contribution < 1.29 is 14.3 Å². The minimum atomic E-state index is -0.479. The fourth-order valence-corrected chi connectivity index (χ4v) is 2.24. The summed E-state index contributed by atoms with van der Waals surface area (Å²) in [7, 11) is 3.18. The molecule has 0 aromatic heterocycles. The summed E-state index contributed by atoms with van der Waals surface area (Å²) in [6, 6.07) is 7.17. The van der Waals surface area contributed by atoms with Crippen molar-refractivity contribution in [3.8, 4) is 5.75 Å². The van der Waals surface area contributed by atoms with Crippen LogP contribution < -0.4 is 15.4 Å². The lowest BCUT2D eigenvalue weighted by Gasteiger charge is -2.18. The summed E-state index contributed by atoms with van der Waals surface area (Å²) in [5.41, 5.74) is 0.989. The molecule has 1 aromatic carbocycles. The Morgan fingerprint density at radius 2 is 1.95 bits per heavy atom. The lowest BCUT2D eigenvalue weighted by Crippen LogP contribution is -2.45. The first-order valence-corrected chi connectivity index (χ1v) is 7.17. The molecule has 116 valence electrons. The van der Waals surface area contributed by atoms with E-state index >= 15 is 0 Å². The van der Waals surface area contributed by atoms with Crippen molar-refractivity contribution in [1.29, 1.82) is 0 Å². The average Bonchev–Trinajstić information content (AvgIpc) is 2.51. The van der Waals surface area contributed by atoms with E-state index in [1.807, 2.05) is 38.1 Å². The van der Waals surface area contributed by atoms with Crippen molar-refractivity contribution in [2.75, 3.05) is 14.2 Å². The van der Waals surface area contributed by atoms with Crippen LogP contribution in [-0.4, -0.2) is 32.0 Å². The number of likely N-dealkylation sites (N-methyl/N-ethyl adjacent to an activating group) is 1. The summed E-state index contributed by atoms with van der Waals surface area (Å²) in [6.07, 6.45) is 0.877. The van der Waals surface area contributed by atoms with Crippen LogP contribution in [0.2, 0.25) is 0 Å². The molecule has 1 aromatic rings. The molecule has 0 saturated heterocycles. The zero-order valence-electron chi connectivity index (χ0n) is 13.1. The Bertz CT molecular complexity index is 488. The number of para-hydroxylation sites is 1. The highest BCUT2D eigenvalue weighted by atomic mass is 16.5. The monoisotopic (exact) mass is 292 g/mol. The molecular weight excluding hydrogens is 268 g/mol. The van der Waals surface area contributed by atoms with Crippen LogP contribution in [0.15, 0.2) is 24.3 Å². The van der Waals surface area contributed by atoms with E-state index in [1.165, 1.54) is 0 Å². The van der Waals surface area contributed by atoms with Crippen LogP contribution in [-0.2, 0) is 9.59 Å². The standard InChI is InChI=1S/C16H24N2O3/c1-5-13(16(20)17-3)18-15(19)10-11(2)12-8-6-7-9-14(12)21-4/h6-9,11,13H,5,10H2,1-4H3,(H,17,20)(H,18,19)/t11-,13-/m1/s1. The molecule has 0 aliphatic rings. The van der Waals surface area contributed by atoms with Gasteiger partial charge in [-0.1, -0.05) is 32.0 Å². The molecule has 0 bridgehead atoms. The molecule has 5 nitrogen and oxygen atoms in total. The van der Waals surface area contributed by atoms with E-state index in [1.54, 1.807) is 14.2 Å². The Labute approximate surface area is 126 Å². The average molecular weight is 292 g/mol. The van der Waals surface area contributed by atoms with Gasteiger partial charge in [-0.15, -0.1) is 0 Å². The second-order valence-electron chi connectivity index (χ2n) is 4.99. The maximum atomic E-state index is 12.1. The van der Waals surface area contributed by atoms with E-state index in [0.29, 0.717) is 12.8 Å². The van der Waals surface area contributed by atoms with Gasteiger partial charge in [-0.05, 0) is 24.0 Å². The fourth-order valence-electron chi connectivity index (χ4n) is 2.24. The molecular formula is C16H24N2O3. The van der Waals surface area contributed by atoms with Crippen LogP contribution in [0.3, 0.4) is 0 Å². The summed E-state index contributed by atoms with van der Waals surface area (Å²) in [5, 5.41) is 5.31. The topological polar surface area (TPSA) is 67.4 Å². The Kier molecular flexibility index (Phi) is 6.72. The normalized spacial score (nSPS) is 13.1. The van der Waals surface area contributed by atoms with Gasteiger partial charge in [-0.25, -0.2) is 0 Å². The maximum Gasteiger partial charge on any atom is 0.242 e. The van der Waals surface area contributed by atoms with Gasteiger partial charge < -0.3 is 15.4 Å². The molecule has 2 N–H and O–H groups in total. The van der Waals surface area contributed by atoms with Crippen molar-refractivity contribution in [1.82, 2.24) is 10.6 Å². The molecule has 0 aliphatic carbocycles. The van der Waals surface area contributed by atoms with Crippen molar-refractivity contribution in [2.24, 2.45) is 0 Å². The Morgan fingerprint density at radius 1 is 1.29 bits per heavy atom. The van der Waals surface area contributed by atoms with E-state index < -0.39 is 6.04 Å². The molecule has 2 amide bonds. The molecule has 0 radical (unpaired) electrons. The lowest BCUT2D eigenvalue weighted by molar-refractivity contribution is -0.129. The number of hydrogen-bond donors (Lipinski definition) is 2. The molecule has 0 saturated carbocycles. The molecule has 2 atom stereocenters. The van der Waals surface area contributed by atoms with Gasteiger partial charge in [0.05, 0.1) is 7.11 Å². The number of benzene rings is 1. The van der Waals surface area contributed by atoms with Gasteiger partial charge in [0.1, 0.15) is 11.8 Å². The van der Waals surface area contributed by atoms with E-state index in [-0.39, 0.29) is 17.7 Å². The number of carbonyl (C=O) groups excluding carboxylic acids is 2. The maximum absolute atomic E-state index is 12.1. The van der Waals surface area contributed by atoms with Crippen molar-refractivity contribution >= 4 is 11.8 Å². The highest BCUT2D eigenvalue weighted by molar-refractivity contribution is 5.87. The van der Waals surface area contributed by atoms with Crippen molar-refractivity contribution in [2.45, 2.75) is 38.6 Å². The van der Waals surface area contributed by atoms with Crippen LogP contribution >= 0.6 is 0 Å². The zero-order valence-corrected chi connectivity index (χ0v) is 13.1. The molecule has 0 unspecified atom stereocenters. The fraction of sp³-hybridized carbons (Fsp3) is 0.500. The Hall–Kier alpha value is -2.04. The van der Waals surface area contributed by atoms with Gasteiger partial charge >= 0.3 is 0 Å². The number of hydrogen-bond acceptors (Lipinski definition) is 3. The predicted molar refractivity (Wildman–Crippen MR) is 82.3 cm³/mol. The first-order valence-electron chi connectivity index (χ1n) is 7.17. The number of carbonyl (C=O) groups is 2. The first kappa shape index (κ1) is 17.0. The van der Waals surface area contributed by atoms with E-state index in [2.05, 4.69) is 10.6 Å². The number of methoxy groups -OCH3 is 1. The molecule has 0 fully saturated rings. The summed E-state index contributed by atoms with van der Waals surface area (Å²) in [6.45, 7) is 3.84. The van der Waals surface area contributed by atoms with Crippen LogP contribution in [0.1, 0.15) is 38.2 Å².